The van der Waals surface area contributed by atoms with Crippen molar-refractivity contribution in [3.63, 3.8) is 0 Å². The summed E-state index contributed by atoms with van der Waals surface area (Å²) in [6.07, 6.45) is 51.5. The maximum Gasteiger partial charge on any atom is 0.362 e. The van der Waals surface area contributed by atoms with Gasteiger partial charge in [-0.05, 0) is 77.0 Å². The molecule has 60 heavy (non-hydrogen) atoms. The average Bonchev–Trinajstić information content (AvgIpc) is 3.21. The molecule has 0 rings (SSSR count). The van der Waals surface area contributed by atoms with Crippen LogP contribution in [0.2, 0.25) is 0 Å². The third kappa shape index (κ3) is 40.7. The van der Waals surface area contributed by atoms with E-state index in [9.17, 15) is 19.5 Å². The molecule has 8 nitrogen and oxygen atoms in total. The van der Waals surface area contributed by atoms with E-state index in [1.54, 1.807) is 0 Å². The molecule has 0 saturated heterocycles. The summed E-state index contributed by atoms with van der Waals surface area (Å²) in [7, 11) is 5.53. The Morgan fingerprint density at radius 2 is 0.883 bits per heavy atom. The lowest BCUT2D eigenvalue weighted by Crippen LogP contribution is -2.50. The fourth-order valence-electron chi connectivity index (χ4n) is 7.09. The van der Waals surface area contributed by atoms with Gasteiger partial charge in [-0.1, -0.05) is 165 Å². The summed E-state index contributed by atoms with van der Waals surface area (Å²) in [6, 6.07) is -0.618. The minimum absolute atomic E-state index is 0.0551. The molecule has 0 bridgehead atoms. The molecule has 0 heterocycles. The molecule has 0 aliphatic rings. The third-order valence-electron chi connectivity index (χ3n) is 11.0. The van der Waals surface area contributed by atoms with Crippen LogP contribution in [0.25, 0.3) is 0 Å². The predicted molar refractivity (Wildman–Crippen MR) is 252 cm³/mol. The number of aliphatic carboxylic acids is 1. The van der Waals surface area contributed by atoms with Crippen LogP contribution in [0.15, 0.2) is 48.6 Å². The molecule has 0 aliphatic heterocycles. The molecule has 0 fully saturated rings. The molecule has 0 amide bonds. The van der Waals surface area contributed by atoms with Crippen LogP contribution in [-0.4, -0.2) is 80.6 Å². The Labute approximate surface area is 369 Å². The summed E-state index contributed by atoms with van der Waals surface area (Å²) in [5.74, 6) is -1.48. The number of unbranched alkanes of at least 4 members (excludes halogenated alkanes) is 22. The molecule has 8 heteroatoms. The van der Waals surface area contributed by atoms with Crippen LogP contribution in [0.4, 0.5) is 0 Å². The normalized spacial score (nSPS) is 13.3. The van der Waals surface area contributed by atoms with Crippen LogP contribution >= 0.6 is 0 Å². The van der Waals surface area contributed by atoms with Crippen molar-refractivity contribution in [2.75, 3.05) is 41.0 Å². The van der Waals surface area contributed by atoms with E-state index >= 15 is 0 Å². The third-order valence-corrected chi connectivity index (χ3v) is 11.0. The zero-order valence-corrected chi connectivity index (χ0v) is 39.7. The number of carboxylic acids is 1. The molecule has 348 valence electrons. The maximum atomic E-state index is 12.8. The van der Waals surface area contributed by atoms with Crippen molar-refractivity contribution >= 4 is 17.9 Å². The summed E-state index contributed by atoms with van der Waals surface area (Å²) in [5, 5.41) is 9.64. The fraction of sp³-hybridized carbons (Fsp3) is 0.788. The summed E-state index contributed by atoms with van der Waals surface area (Å²) in [5.41, 5.74) is 0. The summed E-state index contributed by atoms with van der Waals surface area (Å²) in [4.78, 5) is 37.1. The Balaban J connectivity index is 4.31. The molecule has 2 atom stereocenters. The molecule has 1 N–H and O–H groups in total. The highest BCUT2D eigenvalue weighted by Crippen LogP contribution is 2.14. The minimum Gasteiger partial charge on any atom is -0.477 e. The number of carboxylic acid groups (broad SMARTS) is 1. The average molecular weight is 845 g/mol. The highest BCUT2D eigenvalue weighted by molar-refractivity contribution is 5.72. The van der Waals surface area contributed by atoms with E-state index in [0.29, 0.717) is 19.3 Å². The number of nitrogens with zero attached hydrogens (tertiary/aromatic N) is 1. The van der Waals surface area contributed by atoms with Gasteiger partial charge in [-0.2, -0.15) is 0 Å². The zero-order valence-electron chi connectivity index (χ0n) is 39.7. The molecule has 0 saturated carbocycles. The topological polar surface area (TPSA) is 99.1 Å². The van der Waals surface area contributed by atoms with E-state index in [2.05, 4.69) is 62.5 Å². The monoisotopic (exact) mass is 845 g/mol. The number of likely N-dealkylation sites (N-methyl/N-ethyl adjacent to an activating group) is 1. The first-order valence-corrected chi connectivity index (χ1v) is 24.7. The number of hydrogen-bond donors (Lipinski definition) is 1. The van der Waals surface area contributed by atoms with Gasteiger partial charge in [0.05, 0.1) is 34.4 Å². The van der Waals surface area contributed by atoms with Crippen molar-refractivity contribution in [3.8, 4) is 0 Å². The Hall–Kier alpha value is -2.71. The quantitative estimate of drug-likeness (QED) is 0.0282. The van der Waals surface area contributed by atoms with Crippen molar-refractivity contribution in [1.82, 2.24) is 0 Å². The standard InChI is InChI=1S/C52H93NO7/c1-6-8-10-12-14-16-18-20-22-24-26-28-30-32-34-36-38-40-42-50(54)59-47-48(46-58-45-44-49(52(56)57)53(3,4)5)60-51(55)43-41-39-37-35-33-31-29-27-25-23-21-19-17-15-13-11-9-7-2/h16-19,22-25,48-49H,6-15,20-21,26-47H2,1-5H3/p+1/b18-16-,19-17-,24-22-,25-23-. The zero-order chi connectivity index (χ0) is 44.2. The first kappa shape index (κ1) is 57.3. The van der Waals surface area contributed by atoms with E-state index in [-0.39, 0.29) is 36.2 Å². The molecule has 0 aromatic heterocycles. The Morgan fingerprint density at radius 1 is 0.500 bits per heavy atom. The molecular weight excluding hydrogens is 751 g/mol. The van der Waals surface area contributed by atoms with Crippen molar-refractivity contribution in [2.45, 2.75) is 225 Å². The molecule has 0 spiro atoms. The summed E-state index contributed by atoms with van der Waals surface area (Å²) in [6.45, 7) is 4.70. The Morgan fingerprint density at radius 3 is 1.28 bits per heavy atom. The maximum absolute atomic E-state index is 12.8. The van der Waals surface area contributed by atoms with Crippen LogP contribution in [0.1, 0.15) is 213 Å². The van der Waals surface area contributed by atoms with Crippen molar-refractivity contribution < 1.29 is 38.2 Å². The largest absolute Gasteiger partial charge is 0.477 e. The van der Waals surface area contributed by atoms with Crippen LogP contribution in [-0.2, 0) is 28.6 Å². The van der Waals surface area contributed by atoms with Gasteiger partial charge in [-0.15, -0.1) is 0 Å². The van der Waals surface area contributed by atoms with E-state index in [1.165, 1.54) is 116 Å². The summed E-state index contributed by atoms with van der Waals surface area (Å²) < 4.78 is 17.3. The van der Waals surface area contributed by atoms with Gasteiger partial charge in [0.2, 0.25) is 0 Å². The van der Waals surface area contributed by atoms with Crippen molar-refractivity contribution in [3.05, 3.63) is 48.6 Å². The molecule has 2 unspecified atom stereocenters. The number of quaternary nitrogens is 1. The molecule has 0 aromatic rings. The number of ether oxygens (including phenoxy) is 3. The van der Waals surface area contributed by atoms with Crippen LogP contribution in [0.5, 0.6) is 0 Å². The van der Waals surface area contributed by atoms with Gasteiger partial charge in [0.15, 0.2) is 12.1 Å². The van der Waals surface area contributed by atoms with Crippen molar-refractivity contribution in [1.29, 1.82) is 0 Å². The predicted octanol–water partition coefficient (Wildman–Crippen LogP) is 14.0. The molecule has 0 radical (unpaired) electrons. The minimum atomic E-state index is -0.877. The highest BCUT2D eigenvalue weighted by Gasteiger charge is 2.31. The second-order valence-electron chi connectivity index (χ2n) is 17.7. The number of allylic oxidation sites excluding steroid dienone is 8. The van der Waals surface area contributed by atoms with E-state index in [1.807, 2.05) is 21.1 Å². The van der Waals surface area contributed by atoms with Crippen LogP contribution in [0.3, 0.4) is 0 Å². The second kappa shape index (κ2) is 43.0. The van der Waals surface area contributed by atoms with E-state index in [4.69, 9.17) is 14.2 Å². The first-order chi connectivity index (χ1) is 29.1. The summed E-state index contributed by atoms with van der Waals surface area (Å²) >= 11 is 0. The number of rotatable bonds is 44. The molecular formula is C52H94NO7+. The molecule has 0 aromatic carbocycles. The second-order valence-corrected chi connectivity index (χ2v) is 17.7. The van der Waals surface area contributed by atoms with Gasteiger partial charge in [0.25, 0.3) is 0 Å². The van der Waals surface area contributed by atoms with E-state index < -0.39 is 18.1 Å². The Bertz CT molecular complexity index is 1120. The molecule has 0 aliphatic carbocycles. The lowest BCUT2D eigenvalue weighted by atomic mass is 10.1. The fourth-order valence-corrected chi connectivity index (χ4v) is 7.09. The van der Waals surface area contributed by atoms with Gasteiger partial charge in [-0.25, -0.2) is 4.79 Å². The number of hydrogen-bond acceptors (Lipinski definition) is 6. The smallest absolute Gasteiger partial charge is 0.362 e. The Kier molecular flexibility index (Phi) is 41.0. The van der Waals surface area contributed by atoms with Crippen molar-refractivity contribution in [2.24, 2.45) is 0 Å². The number of carbonyl (C=O) groups is 3. The van der Waals surface area contributed by atoms with Crippen LogP contribution in [0, 0.1) is 0 Å². The lowest BCUT2D eigenvalue weighted by Gasteiger charge is -2.31. The SMILES string of the molecule is CCCCCC/C=C\C/C=C\CCCCCCCCCC(=O)OCC(COCCC(C(=O)O)[N+](C)(C)C)OC(=O)CCCCCCCCC/C=C\C/C=C\CCCCCC. The highest BCUT2D eigenvalue weighted by atomic mass is 16.6. The number of carbonyl (C=O) groups excluding carboxylic acids is 2. The lowest BCUT2D eigenvalue weighted by molar-refractivity contribution is -0.887. The van der Waals surface area contributed by atoms with Gasteiger partial charge >= 0.3 is 17.9 Å². The van der Waals surface area contributed by atoms with Gasteiger partial charge in [0, 0.05) is 19.3 Å². The first-order valence-electron chi connectivity index (χ1n) is 24.7. The van der Waals surface area contributed by atoms with Gasteiger partial charge in [-0.3, -0.25) is 9.59 Å². The number of esters is 2. The van der Waals surface area contributed by atoms with Crippen LogP contribution < -0.4 is 0 Å². The van der Waals surface area contributed by atoms with Gasteiger partial charge < -0.3 is 23.8 Å². The van der Waals surface area contributed by atoms with Gasteiger partial charge in [0.1, 0.15) is 6.61 Å². The van der Waals surface area contributed by atoms with E-state index in [0.717, 1.165) is 64.2 Å².